The van der Waals surface area contributed by atoms with Gasteiger partial charge in [-0.15, -0.1) is 0 Å². The molecular weight excluding hydrogens is 1180 g/mol. The lowest BCUT2D eigenvalue weighted by Crippen LogP contribution is -2.57. The first kappa shape index (κ1) is 65.3. The number of hydrogen-bond acceptors (Lipinski definition) is 12. The molecule has 476 valence electrons. The van der Waals surface area contributed by atoms with Crippen LogP contribution in [0.4, 0.5) is 8.78 Å². The number of H-pyrrole nitrogens is 1. The zero-order valence-electron chi connectivity index (χ0n) is 52.3. The summed E-state index contributed by atoms with van der Waals surface area (Å²) in [6, 6.07) is 38.3. The van der Waals surface area contributed by atoms with E-state index in [4.69, 9.17) is 16.4 Å². The van der Waals surface area contributed by atoms with E-state index in [-0.39, 0.29) is 53.2 Å². The van der Waals surface area contributed by atoms with Gasteiger partial charge in [-0.05, 0) is 162 Å². The van der Waals surface area contributed by atoms with Crippen LogP contribution in [0.5, 0.6) is 0 Å². The van der Waals surface area contributed by atoms with E-state index in [1.165, 1.54) is 35.1 Å². The Hall–Kier alpha value is -8.65. The average molecular weight is 1260 g/mol. The van der Waals surface area contributed by atoms with Crippen molar-refractivity contribution >= 4 is 75.0 Å². The van der Waals surface area contributed by atoms with Crippen molar-refractivity contribution in [2.45, 2.75) is 104 Å². The SMILES string of the molecule is Cc1cc2[nH]cc(C(=O)C(=O)N3CCCC3)c2cc1C(=O)N1C[C@H](C)N(Cc2ccc(F)cc2)C[C@H]1C.Cc1cc2c(cc1C(=O)N1C[C@H](C)N(Cc3ccc(F)cc3)C[C@H]1C)c(C(=O)C(=O)N1CCCC1)cn2N.NOP(=O)(c1ccccc1)c1ccccc1. The lowest BCUT2D eigenvalue weighted by Gasteiger charge is -2.44. The van der Waals surface area contributed by atoms with Crippen LogP contribution in [0.2, 0.25) is 0 Å². The van der Waals surface area contributed by atoms with Crippen LogP contribution in [0.3, 0.4) is 0 Å². The summed E-state index contributed by atoms with van der Waals surface area (Å²) in [7, 11) is -3.13. The maximum Gasteiger partial charge on any atom is 0.295 e. The van der Waals surface area contributed by atoms with Crippen LogP contribution in [-0.4, -0.2) is 151 Å². The van der Waals surface area contributed by atoms with Crippen molar-refractivity contribution in [1.82, 2.24) is 39.1 Å². The Labute approximate surface area is 529 Å². The molecule has 0 unspecified atom stereocenters. The maximum atomic E-state index is 13.8. The third kappa shape index (κ3) is 14.3. The summed E-state index contributed by atoms with van der Waals surface area (Å²) in [6.45, 7) is 18.2. The lowest BCUT2D eigenvalue weighted by atomic mass is 9.99. The Morgan fingerprint density at radius 2 is 0.956 bits per heavy atom. The number of likely N-dealkylation sites (tertiary alicyclic amines) is 2. The van der Waals surface area contributed by atoms with Gasteiger partial charge in [0.2, 0.25) is 0 Å². The number of amides is 4. The summed E-state index contributed by atoms with van der Waals surface area (Å²) in [5.41, 5.74) is 6.54. The molecule has 0 radical (unpaired) electrons. The summed E-state index contributed by atoms with van der Waals surface area (Å²) in [5, 5.41) is 2.31. The Bertz CT molecular complexity index is 3980. The number of halogens is 2. The number of carbonyl (C=O) groups excluding carboxylic acids is 6. The van der Waals surface area contributed by atoms with Crippen molar-refractivity contribution in [2.24, 2.45) is 5.90 Å². The number of aromatic amines is 1. The predicted molar refractivity (Wildman–Crippen MR) is 349 cm³/mol. The Morgan fingerprint density at radius 3 is 1.40 bits per heavy atom. The van der Waals surface area contributed by atoms with Gasteiger partial charge < -0.3 is 30.4 Å². The van der Waals surface area contributed by atoms with Crippen molar-refractivity contribution in [2.75, 3.05) is 58.2 Å². The van der Waals surface area contributed by atoms with Gasteiger partial charge in [0.25, 0.3) is 42.6 Å². The van der Waals surface area contributed by atoms with Crippen molar-refractivity contribution < 1.29 is 46.7 Å². The molecule has 6 heterocycles. The van der Waals surface area contributed by atoms with E-state index < -0.39 is 30.7 Å². The largest absolute Gasteiger partial charge is 0.360 e. The minimum Gasteiger partial charge on any atom is -0.360 e. The number of ketones is 2. The quantitative estimate of drug-likeness (QED) is 0.0323. The highest BCUT2D eigenvalue weighted by Crippen LogP contribution is 2.42. The van der Waals surface area contributed by atoms with E-state index in [0.29, 0.717) is 109 Å². The molecular formula is C70H79F2N10O8P. The number of benzene rings is 6. The molecule has 6 aromatic carbocycles. The van der Waals surface area contributed by atoms with Crippen molar-refractivity contribution in [3.8, 4) is 0 Å². The molecule has 4 aliphatic rings. The van der Waals surface area contributed by atoms with Gasteiger partial charge in [-0.1, -0.05) is 60.7 Å². The van der Waals surface area contributed by atoms with Gasteiger partial charge in [-0.3, -0.25) is 47.8 Å². The van der Waals surface area contributed by atoms with Crippen LogP contribution in [-0.2, 0) is 31.9 Å². The number of fused-ring (bicyclic) bond motifs is 2. The molecule has 0 saturated carbocycles. The normalized spacial score (nSPS) is 18.8. The number of Topliss-reactive ketones (excluding diaryl/α,β-unsaturated/α-hetero) is 2. The number of carbonyl (C=O) groups is 6. The van der Waals surface area contributed by atoms with Gasteiger partial charge >= 0.3 is 0 Å². The molecule has 2 aromatic heterocycles. The standard InChI is InChI=1S/C29H34FN5O3.C29H33FN4O3.C12H12NO2P/c1-18-12-26-24(25(17-35(26)31)27(36)29(38)32-10-4-5-11-32)13-23(18)28(37)34-15-19(2)33(14-20(34)3)16-21-6-8-22(30)9-7-21;1-18-12-26-24(25(14-31-26)27(35)29(37)32-10-4-5-11-32)13-23(18)28(36)34-16-19(2)33(15-20(34)3)17-21-6-8-22(30)9-7-21;13-15-16(14,11-7-3-1-4-8-11)12-9-5-2-6-10-12/h6-9,12-13,17,19-20H,4-5,10-11,14-16,31H2,1-3H3;6-9,12-14,19-20,31H,4-5,10-11,15-17H2,1-3H3;1-10H,13H2/t2*19-,20+;/m00./s1. The topological polar surface area (TPSA) is 221 Å². The summed E-state index contributed by atoms with van der Waals surface area (Å²) < 4.78 is 45.4. The van der Waals surface area contributed by atoms with Gasteiger partial charge in [0.15, 0.2) is 0 Å². The van der Waals surface area contributed by atoms with E-state index in [0.717, 1.165) is 53.5 Å². The number of nitrogens with two attached hydrogens (primary N) is 2. The third-order valence-electron chi connectivity index (χ3n) is 18.0. The molecule has 5 N–H and O–H groups in total. The van der Waals surface area contributed by atoms with Gasteiger partial charge in [-0.25, -0.2) is 19.3 Å². The third-order valence-corrected chi connectivity index (χ3v) is 20.3. The van der Waals surface area contributed by atoms with Crippen LogP contribution >= 0.6 is 7.37 Å². The lowest BCUT2D eigenvalue weighted by molar-refractivity contribution is -0.126. The number of rotatable bonds is 13. The minimum absolute atomic E-state index is 0.0247. The van der Waals surface area contributed by atoms with Gasteiger partial charge in [0.1, 0.15) is 11.6 Å². The zero-order valence-corrected chi connectivity index (χ0v) is 53.2. The van der Waals surface area contributed by atoms with Crippen LogP contribution in [0.15, 0.2) is 146 Å². The molecule has 4 fully saturated rings. The molecule has 4 atom stereocenters. The van der Waals surface area contributed by atoms with Gasteiger partial charge in [-0.2, -0.15) is 0 Å². The first-order valence-corrected chi connectivity index (χ1v) is 32.6. The van der Waals surface area contributed by atoms with Crippen molar-refractivity contribution in [3.05, 3.63) is 202 Å². The average Bonchev–Trinajstić information content (AvgIpc) is 1.69. The van der Waals surface area contributed by atoms with Crippen LogP contribution in [0, 0.1) is 25.5 Å². The fourth-order valence-electron chi connectivity index (χ4n) is 12.7. The number of aromatic nitrogens is 2. The number of aryl methyl sites for hydroxylation is 2. The number of piperazine rings is 2. The van der Waals surface area contributed by atoms with Crippen LogP contribution in [0.25, 0.3) is 21.8 Å². The molecule has 12 rings (SSSR count). The molecule has 18 nitrogen and oxygen atoms in total. The molecule has 0 bridgehead atoms. The van der Waals surface area contributed by atoms with E-state index in [1.807, 2.05) is 80.0 Å². The Kier molecular flexibility index (Phi) is 20.3. The van der Waals surface area contributed by atoms with E-state index in [2.05, 4.69) is 28.6 Å². The number of nitrogens with one attached hydrogen (secondary N) is 1. The van der Waals surface area contributed by atoms with Gasteiger partial charge in [0.05, 0.1) is 16.6 Å². The second-order valence-electron chi connectivity index (χ2n) is 24.5. The van der Waals surface area contributed by atoms with Gasteiger partial charge in [0, 0.05) is 140 Å². The summed E-state index contributed by atoms with van der Waals surface area (Å²) >= 11 is 0. The van der Waals surface area contributed by atoms with E-state index in [9.17, 15) is 42.1 Å². The predicted octanol–water partition coefficient (Wildman–Crippen LogP) is 9.30. The molecule has 4 saturated heterocycles. The second kappa shape index (κ2) is 28.3. The molecule has 4 amide bonds. The first-order valence-electron chi connectivity index (χ1n) is 31.0. The molecule has 8 aromatic rings. The molecule has 91 heavy (non-hydrogen) atoms. The minimum atomic E-state index is -3.13. The van der Waals surface area contributed by atoms with Crippen molar-refractivity contribution in [3.63, 3.8) is 0 Å². The number of nitrogens with zero attached hydrogens (tertiary/aromatic N) is 7. The fraction of sp³-hybridized carbons (Fsp3) is 0.343. The monoisotopic (exact) mass is 1260 g/mol. The Balaban J connectivity index is 0.000000162. The summed E-state index contributed by atoms with van der Waals surface area (Å²) in [6.07, 6.45) is 6.67. The highest BCUT2D eigenvalue weighted by atomic mass is 31.2. The zero-order chi connectivity index (χ0) is 64.8. The highest BCUT2D eigenvalue weighted by Gasteiger charge is 2.37. The van der Waals surface area contributed by atoms with Crippen LogP contribution in [0.1, 0.15) is 117 Å². The molecule has 0 aliphatic carbocycles. The first-order chi connectivity index (χ1) is 43.6. The Morgan fingerprint density at radius 1 is 0.538 bits per heavy atom. The second-order valence-corrected chi connectivity index (χ2v) is 26.8. The van der Waals surface area contributed by atoms with E-state index >= 15 is 0 Å². The number of hydrogen-bond donors (Lipinski definition) is 3. The van der Waals surface area contributed by atoms with Crippen molar-refractivity contribution in [1.29, 1.82) is 0 Å². The summed E-state index contributed by atoms with van der Waals surface area (Å²) in [5.74, 6) is 8.53. The summed E-state index contributed by atoms with van der Waals surface area (Å²) in [4.78, 5) is 94.0. The molecule has 4 aliphatic heterocycles. The molecule has 21 heteroatoms. The maximum absolute atomic E-state index is 13.8. The number of nitrogen functional groups attached to an aromatic ring is 1. The van der Waals surface area contributed by atoms with E-state index in [1.54, 1.807) is 82.7 Å². The highest BCUT2D eigenvalue weighted by molar-refractivity contribution is 7.74. The smallest absolute Gasteiger partial charge is 0.295 e. The van der Waals surface area contributed by atoms with Crippen LogP contribution < -0.4 is 22.3 Å². The molecule has 0 spiro atoms. The fourth-order valence-corrected chi connectivity index (χ4v) is 14.4.